The van der Waals surface area contributed by atoms with Crippen LogP contribution in [0.2, 0.25) is 15.1 Å². The zero-order chi connectivity index (χ0) is 15.8. The smallest absolute Gasteiger partial charge is 0.311 e. The summed E-state index contributed by atoms with van der Waals surface area (Å²) < 4.78 is 14.5. The molecule has 116 valence electrons. The molecule has 0 unspecified atom stereocenters. The third-order valence-electron chi connectivity index (χ3n) is 2.26. The quantitative estimate of drug-likeness (QED) is 0.425. The van der Waals surface area contributed by atoms with E-state index >= 15 is 0 Å². The SMILES string of the molecule is COCCOC(=O)CCC(=O)Oc1c(Cl)cc(Cl)cc1Cl. The number of methoxy groups -OCH3 is 1. The van der Waals surface area contributed by atoms with Crippen LogP contribution in [0, 0.1) is 0 Å². The van der Waals surface area contributed by atoms with E-state index < -0.39 is 11.9 Å². The van der Waals surface area contributed by atoms with Crippen molar-refractivity contribution in [2.75, 3.05) is 20.3 Å². The highest BCUT2D eigenvalue weighted by Gasteiger charge is 2.15. The van der Waals surface area contributed by atoms with Gasteiger partial charge in [0.25, 0.3) is 0 Å². The lowest BCUT2D eigenvalue weighted by molar-refractivity contribution is -0.147. The second-order valence-electron chi connectivity index (χ2n) is 3.89. The van der Waals surface area contributed by atoms with Crippen molar-refractivity contribution in [3.8, 4) is 5.75 Å². The van der Waals surface area contributed by atoms with Gasteiger partial charge in [-0.05, 0) is 12.1 Å². The molecule has 1 aromatic carbocycles. The van der Waals surface area contributed by atoms with Gasteiger partial charge in [0.15, 0.2) is 5.75 Å². The van der Waals surface area contributed by atoms with Gasteiger partial charge in [-0.3, -0.25) is 9.59 Å². The van der Waals surface area contributed by atoms with Crippen LogP contribution in [0.4, 0.5) is 0 Å². The predicted octanol–water partition coefficient (Wildman–Crippen LogP) is 3.52. The summed E-state index contributed by atoms with van der Waals surface area (Å²) >= 11 is 17.5. The van der Waals surface area contributed by atoms with E-state index in [2.05, 4.69) is 0 Å². The van der Waals surface area contributed by atoms with E-state index in [4.69, 9.17) is 49.0 Å². The van der Waals surface area contributed by atoms with E-state index in [-0.39, 0.29) is 35.2 Å². The molecule has 21 heavy (non-hydrogen) atoms. The largest absolute Gasteiger partial charge is 0.463 e. The van der Waals surface area contributed by atoms with Crippen LogP contribution in [0.25, 0.3) is 0 Å². The zero-order valence-electron chi connectivity index (χ0n) is 11.2. The van der Waals surface area contributed by atoms with E-state index in [1.54, 1.807) is 0 Å². The highest BCUT2D eigenvalue weighted by molar-refractivity contribution is 6.40. The van der Waals surface area contributed by atoms with Gasteiger partial charge in [0.05, 0.1) is 29.5 Å². The van der Waals surface area contributed by atoms with Crippen molar-refractivity contribution >= 4 is 46.7 Å². The van der Waals surface area contributed by atoms with E-state index in [9.17, 15) is 9.59 Å². The number of ether oxygens (including phenoxy) is 3. The monoisotopic (exact) mass is 354 g/mol. The van der Waals surface area contributed by atoms with Crippen LogP contribution in [0.3, 0.4) is 0 Å². The maximum atomic E-state index is 11.6. The molecule has 0 saturated carbocycles. The number of hydrogen-bond donors (Lipinski definition) is 0. The molecule has 0 atom stereocenters. The molecular formula is C13H13Cl3O5. The Bertz CT molecular complexity index is 496. The van der Waals surface area contributed by atoms with Crippen molar-refractivity contribution in [2.45, 2.75) is 12.8 Å². The summed E-state index contributed by atoms with van der Waals surface area (Å²) in [5.74, 6) is -1.15. The van der Waals surface area contributed by atoms with E-state index in [1.165, 1.54) is 19.2 Å². The summed E-state index contributed by atoms with van der Waals surface area (Å²) in [4.78, 5) is 22.9. The maximum Gasteiger partial charge on any atom is 0.311 e. The first-order chi connectivity index (χ1) is 9.93. The molecular weight excluding hydrogens is 342 g/mol. The average molecular weight is 356 g/mol. The fourth-order valence-electron chi connectivity index (χ4n) is 1.31. The Kier molecular flexibility index (Phi) is 7.82. The van der Waals surface area contributed by atoms with Crippen molar-refractivity contribution < 1.29 is 23.8 Å². The van der Waals surface area contributed by atoms with Crippen LogP contribution >= 0.6 is 34.8 Å². The van der Waals surface area contributed by atoms with Crippen molar-refractivity contribution in [3.05, 3.63) is 27.2 Å². The van der Waals surface area contributed by atoms with E-state index in [0.717, 1.165) is 0 Å². The summed E-state index contributed by atoms with van der Waals surface area (Å²) in [7, 11) is 1.49. The van der Waals surface area contributed by atoms with Crippen LogP contribution in [-0.2, 0) is 19.1 Å². The van der Waals surface area contributed by atoms with Crippen molar-refractivity contribution in [3.63, 3.8) is 0 Å². The fourth-order valence-corrected chi connectivity index (χ4v) is 2.20. The molecule has 0 aliphatic rings. The number of carbonyl (C=O) groups excluding carboxylic acids is 2. The number of carbonyl (C=O) groups is 2. The molecule has 0 spiro atoms. The molecule has 8 heteroatoms. The van der Waals surface area contributed by atoms with Gasteiger partial charge in [-0.2, -0.15) is 0 Å². The van der Waals surface area contributed by atoms with Crippen LogP contribution in [0.15, 0.2) is 12.1 Å². The van der Waals surface area contributed by atoms with Crippen molar-refractivity contribution in [2.24, 2.45) is 0 Å². The predicted molar refractivity (Wildman–Crippen MR) is 79.2 cm³/mol. The van der Waals surface area contributed by atoms with E-state index in [0.29, 0.717) is 11.6 Å². The van der Waals surface area contributed by atoms with Gasteiger partial charge >= 0.3 is 11.9 Å². The minimum atomic E-state index is -0.648. The van der Waals surface area contributed by atoms with Gasteiger partial charge < -0.3 is 14.2 Å². The van der Waals surface area contributed by atoms with Crippen molar-refractivity contribution in [1.82, 2.24) is 0 Å². The molecule has 0 fully saturated rings. The molecule has 0 radical (unpaired) electrons. The zero-order valence-corrected chi connectivity index (χ0v) is 13.4. The second-order valence-corrected chi connectivity index (χ2v) is 5.14. The Hall–Kier alpha value is -1.01. The lowest BCUT2D eigenvalue weighted by atomic mass is 10.3. The average Bonchev–Trinajstić information content (AvgIpc) is 2.41. The second kappa shape index (κ2) is 9.10. The van der Waals surface area contributed by atoms with Crippen molar-refractivity contribution in [1.29, 1.82) is 0 Å². The first-order valence-corrected chi connectivity index (χ1v) is 7.07. The molecule has 0 saturated heterocycles. The molecule has 0 heterocycles. The highest BCUT2D eigenvalue weighted by atomic mass is 35.5. The summed E-state index contributed by atoms with van der Waals surface area (Å²) in [5.41, 5.74) is 0. The Balaban J connectivity index is 2.46. The maximum absolute atomic E-state index is 11.6. The minimum absolute atomic E-state index is 0.0143. The summed E-state index contributed by atoms with van der Waals surface area (Å²) in [6, 6.07) is 2.80. The Morgan fingerprint density at radius 3 is 2.14 bits per heavy atom. The van der Waals surface area contributed by atoms with Gasteiger partial charge in [-0.15, -0.1) is 0 Å². The van der Waals surface area contributed by atoms with Gasteiger partial charge in [0.1, 0.15) is 6.61 Å². The Morgan fingerprint density at radius 2 is 1.57 bits per heavy atom. The lowest BCUT2D eigenvalue weighted by Crippen LogP contribution is -2.14. The van der Waals surface area contributed by atoms with Gasteiger partial charge in [0.2, 0.25) is 0 Å². The number of esters is 2. The first kappa shape index (κ1) is 18.0. The summed E-state index contributed by atoms with van der Waals surface area (Å²) in [6.07, 6.45) is -0.257. The molecule has 0 N–H and O–H groups in total. The summed E-state index contributed by atoms with van der Waals surface area (Å²) in [5, 5.41) is 0.554. The van der Waals surface area contributed by atoms with Gasteiger partial charge in [-0.1, -0.05) is 34.8 Å². The third-order valence-corrected chi connectivity index (χ3v) is 3.04. The topological polar surface area (TPSA) is 61.8 Å². The summed E-state index contributed by atoms with van der Waals surface area (Å²) in [6.45, 7) is 0.436. The normalized spacial score (nSPS) is 10.3. The fraction of sp³-hybridized carbons (Fsp3) is 0.385. The molecule has 0 aliphatic heterocycles. The molecule has 0 bridgehead atoms. The standard InChI is InChI=1S/C13H13Cl3O5/c1-19-4-5-20-11(17)2-3-12(18)21-13-9(15)6-8(14)7-10(13)16/h6-7H,2-5H2,1H3. The number of halogens is 3. The Morgan fingerprint density at radius 1 is 1.00 bits per heavy atom. The van der Waals surface area contributed by atoms with Crippen LogP contribution in [0.5, 0.6) is 5.75 Å². The number of benzene rings is 1. The minimum Gasteiger partial charge on any atom is -0.463 e. The van der Waals surface area contributed by atoms with Crippen LogP contribution < -0.4 is 4.74 Å². The first-order valence-electron chi connectivity index (χ1n) is 5.93. The number of hydrogen-bond acceptors (Lipinski definition) is 5. The van der Waals surface area contributed by atoms with Crippen LogP contribution in [-0.4, -0.2) is 32.3 Å². The van der Waals surface area contributed by atoms with Gasteiger partial charge in [0, 0.05) is 12.1 Å². The molecule has 0 aromatic heterocycles. The molecule has 1 aromatic rings. The van der Waals surface area contributed by atoms with E-state index in [1.807, 2.05) is 0 Å². The third kappa shape index (κ3) is 6.52. The molecule has 5 nitrogen and oxygen atoms in total. The molecule has 0 amide bonds. The Labute approximate surface area is 137 Å². The molecule has 0 aliphatic carbocycles. The molecule has 1 rings (SSSR count). The highest BCUT2D eigenvalue weighted by Crippen LogP contribution is 2.36. The number of rotatable bonds is 7. The van der Waals surface area contributed by atoms with Crippen LogP contribution in [0.1, 0.15) is 12.8 Å². The lowest BCUT2D eigenvalue weighted by Gasteiger charge is -2.08. The van der Waals surface area contributed by atoms with Gasteiger partial charge in [-0.25, -0.2) is 0 Å².